The largest absolute Gasteiger partial charge is 0.491 e. The van der Waals surface area contributed by atoms with Crippen LogP contribution in [0.4, 0.5) is 0 Å². The van der Waals surface area contributed by atoms with Crippen molar-refractivity contribution in [1.29, 1.82) is 0 Å². The number of ketones is 1. The lowest BCUT2D eigenvalue weighted by atomic mass is 9.70. The fraction of sp³-hybridized carbons (Fsp3) is 0.412. The second kappa shape index (κ2) is 13.4. The third-order valence-electron chi connectivity index (χ3n) is 8.19. The van der Waals surface area contributed by atoms with E-state index in [1.54, 1.807) is 20.3 Å². The maximum atomic E-state index is 14.7. The molecular weight excluding hydrogens is 518 g/mol. The summed E-state index contributed by atoms with van der Waals surface area (Å²) in [6, 6.07) is 23.7. The van der Waals surface area contributed by atoms with E-state index < -0.39 is 17.4 Å². The molecule has 41 heavy (non-hydrogen) atoms. The van der Waals surface area contributed by atoms with Gasteiger partial charge in [-0.1, -0.05) is 54.6 Å². The number of nitrogens with one attached hydrogen (secondary N) is 1. The highest BCUT2D eigenvalue weighted by molar-refractivity contribution is 5.97. The lowest BCUT2D eigenvalue weighted by molar-refractivity contribution is -0.137. The van der Waals surface area contributed by atoms with Crippen molar-refractivity contribution in [3.63, 3.8) is 0 Å². The molecule has 7 nitrogen and oxygen atoms in total. The van der Waals surface area contributed by atoms with Gasteiger partial charge in [0.15, 0.2) is 5.60 Å². The van der Waals surface area contributed by atoms with E-state index >= 15 is 0 Å². The molecule has 3 atom stereocenters. The smallest absolute Gasteiger partial charge is 0.339 e. The minimum absolute atomic E-state index is 0.0690. The van der Waals surface area contributed by atoms with Crippen LogP contribution in [0.1, 0.15) is 51.4 Å². The number of Topliss-reactive ketones (excluding diaryl/α,β-unsaturated/α-hetero) is 1. The summed E-state index contributed by atoms with van der Waals surface area (Å²) in [6.07, 6.45) is 2.79. The molecule has 2 aliphatic rings. The van der Waals surface area contributed by atoms with Gasteiger partial charge in [0.1, 0.15) is 18.1 Å². The predicted molar refractivity (Wildman–Crippen MR) is 156 cm³/mol. The van der Waals surface area contributed by atoms with Crippen LogP contribution in [-0.4, -0.2) is 58.9 Å². The summed E-state index contributed by atoms with van der Waals surface area (Å²) in [5, 5.41) is 3.40. The highest BCUT2D eigenvalue weighted by atomic mass is 16.6. The molecule has 1 spiro atoms. The number of esters is 1. The van der Waals surface area contributed by atoms with Crippen molar-refractivity contribution in [3.8, 4) is 5.75 Å². The number of carbonyl (C=O) groups excluding carboxylic acids is 2. The van der Waals surface area contributed by atoms with Crippen LogP contribution >= 0.6 is 0 Å². The van der Waals surface area contributed by atoms with Crippen molar-refractivity contribution >= 4 is 11.8 Å². The molecular formula is C34H39NO6. The molecule has 0 saturated carbocycles. The van der Waals surface area contributed by atoms with Crippen LogP contribution in [0.2, 0.25) is 0 Å². The van der Waals surface area contributed by atoms with Crippen LogP contribution in [-0.2, 0) is 37.4 Å². The summed E-state index contributed by atoms with van der Waals surface area (Å²) in [6.45, 7) is 2.73. The fourth-order valence-corrected chi connectivity index (χ4v) is 6.22. The monoisotopic (exact) mass is 557 g/mol. The number of aryl methyl sites for hydroxylation is 1. The first-order valence-corrected chi connectivity index (χ1v) is 14.4. The zero-order valence-corrected chi connectivity index (χ0v) is 23.9. The highest BCUT2D eigenvalue weighted by Gasteiger charge is 2.55. The van der Waals surface area contributed by atoms with Crippen LogP contribution in [0.5, 0.6) is 5.75 Å². The van der Waals surface area contributed by atoms with E-state index in [2.05, 4.69) is 17.4 Å². The van der Waals surface area contributed by atoms with Crippen LogP contribution in [0, 0.1) is 5.92 Å². The molecule has 0 aromatic heterocycles. The molecule has 5 rings (SSSR count). The summed E-state index contributed by atoms with van der Waals surface area (Å²) < 4.78 is 22.6. The van der Waals surface area contributed by atoms with E-state index in [1.807, 2.05) is 54.6 Å². The topological polar surface area (TPSA) is 83.1 Å². The molecule has 2 heterocycles. The number of ether oxygens (including phenoxy) is 4. The lowest BCUT2D eigenvalue weighted by Crippen LogP contribution is -2.53. The average Bonchev–Trinajstić information content (AvgIpc) is 3.27. The Balaban J connectivity index is 1.50. The van der Waals surface area contributed by atoms with Gasteiger partial charge in [-0.3, -0.25) is 4.79 Å². The van der Waals surface area contributed by atoms with Gasteiger partial charge in [-0.2, -0.15) is 0 Å². The van der Waals surface area contributed by atoms with Gasteiger partial charge in [-0.05, 0) is 60.7 Å². The summed E-state index contributed by atoms with van der Waals surface area (Å²) in [7, 11) is 3.36. The third kappa shape index (κ3) is 6.38. The second-order valence-corrected chi connectivity index (χ2v) is 10.8. The maximum absolute atomic E-state index is 14.7. The molecule has 1 saturated heterocycles. The van der Waals surface area contributed by atoms with E-state index in [1.165, 1.54) is 0 Å². The summed E-state index contributed by atoms with van der Waals surface area (Å²) >= 11 is 0. The van der Waals surface area contributed by atoms with Crippen molar-refractivity contribution in [1.82, 2.24) is 5.32 Å². The van der Waals surface area contributed by atoms with E-state index in [0.717, 1.165) is 40.8 Å². The minimum Gasteiger partial charge on any atom is -0.491 e. The minimum atomic E-state index is -0.959. The third-order valence-corrected chi connectivity index (χ3v) is 8.19. The first-order valence-electron chi connectivity index (χ1n) is 14.4. The van der Waals surface area contributed by atoms with Crippen molar-refractivity contribution in [2.24, 2.45) is 5.92 Å². The quantitative estimate of drug-likeness (QED) is 0.237. The molecule has 7 heteroatoms. The number of carbonyl (C=O) groups is 2. The van der Waals surface area contributed by atoms with Crippen LogP contribution in [0.15, 0.2) is 72.8 Å². The van der Waals surface area contributed by atoms with Gasteiger partial charge in [0, 0.05) is 45.3 Å². The Kier molecular flexibility index (Phi) is 9.49. The molecule has 3 aromatic carbocycles. The number of rotatable bonds is 13. The van der Waals surface area contributed by atoms with E-state index in [-0.39, 0.29) is 11.8 Å². The summed E-state index contributed by atoms with van der Waals surface area (Å²) in [5.41, 5.74) is 3.54. The molecule has 0 radical (unpaired) electrons. The molecule has 0 bridgehead atoms. The van der Waals surface area contributed by atoms with Gasteiger partial charge in [0.05, 0.1) is 18.1 Å². The molecule has 0 aliphatic carbocycles. The van der Waals surface area contributed by atoms with Crippen molar-refractivity contribution < 1.29 is 28.5 Å². The lowest BCUT2D eigenvalue weighted by Gasteiger charge is -2.41. The maximum Gasteiger partial charge on any atom is 0.339 e. The number of benzene rings is 3. The van der Waals surface area contributed by atoms with E-state index in [9.17, 15) is 9.59 Å². The molecule has 3 aromatic rings. The van der Waals surface area contributed by atoms with Gasteiger partial charge in [-0.25, -0.2) is 4.79 Å². The first kappa shape index (κ1) is 29.0. The van der Waals surface area contributed by atoms with E-state index in [4.69, 9.17) is 18.9 Å². The Morgan fingerprint density at radius 1 is 0.976 bits per heavy atom. The standard InChI is InChI=1S/C34H39NO6/c1-38-16-8-9-24-19-25(21-27(20-24)40-18-17-39-2)22-29(26-10-4-3-5-11-26)32(36)31-23-35-15-14-34(31)30-13-7-6-12-28(30)33(37)41-34/h3-7,10-13,19-21,29,31,35H,8-9,14-18,22-23H2,1-2H3/t29?,31?,34-/m0/s1. The van der Waals surface area contributed by atoms with Crippen molar-refractivity contribution in [3.05, 3.63) is 101 Å². The molecule has 2 unspecified atom stereocenters. The normalized spacial score (nSPS) is 20.4. The molecule has 1 fully saturated rings. The molecule has 0 amide bonds. The Bertz CT molecular complexity index is 1310. The summed E-state index contributed by atoms with van der Waals surface area (Å²) in [4.78, 5) is 27.6. The van der Waals surface area contributed by atoms with E-state index in [0.29, 0.717) is 51.3 Å². The van der Waals surface area contributed by atoms with Gasteiger partial charge < -0.3 is 24.3 Å². The van der Waals surface area contributed by atoms with Crippen LogP contribution in [0.3, 0.4) is 0 Å². The highest BCUT2D eigenvalue weighted by Crippen LogP contribution is 2.48. The Hall–Kier alpha value is -3.52. The number of hydrogen-bond donors (Lipinski definition) is 1. The Labute approximate surface area is 242 Å². The van der Waals surface area contributed by atoms with Crippen LogP contribution in [0.25, 0.3) is 0 Å². The van der Waals surface area contributed by atoms with Gasteiger partial charge >= 0.3 is 5.97 Å². The predicted octanol–water partition coefficient (Wildman–Crippen LogP) is 4.86. The number of piperidine rings is 1. The SMILES string of the molecule is COCCCc1cc(CC(C(=O)C2CNCC[C@@]23OC(=O)c2ccccc23)c2ccccc2)cc(OCCOC)c1. The van der Waals surface area contributed by atoms with Gasteiger partial charge in [-0.15, -0.1) is 0 Å². The first-order chi connectivity index (χ1) is 20.1. The fourth-order valence-electron chi connectivity index (χ4n) is 6.22. The average molecular weight is 558 g/mol. The zero-order valence-electron chi connectivity index (χ0n) is 23.9. The number of methoxy groups -OCH3 is 2. The second-order valence-electron chi connectivity index (χ2n) is 10.8. The zero-order chi connectivity index (χ0) is 28.7. The molecule has 216 valence electrons. The number of hydrogen-bond acceptors (Lipinski definition) is 7. The van der Waals surface area contributed by atoms with Gasteiger partial charge in [0.2, 0.25) is 0 Å². The molecule has 1 N–H and O–H groups in total. The van der Waals surface area contributed by atoms with Crippen LogP contribution < -0.4 is 10.1 Å². The number of fused-ring (bicyclic) bond motifs is 2. The van der Waals surface area contributed by atoms with Gasteiger partial charge in [0.25, 0.3) is 0 Å². The van der Waals surface area contributed by atoms with Crippen molar-refractivity contribution in [2.45, 2.75) is 37.2 Å². The molecule has 2 aliphatic heterocycles. The summed E-state index contributed by atoms with van der Waals surface area (Å²) in [5.74, 6) is -0.458. The Morgan fingerprint density at radius 2 is 1.73 bits per heavy atom. The van der Waals surface area contributed by atoms with Crippen molar-refractivity contribution in [2.75, 3.05) is 47.1 Å². The Morgan fingerprint density at radius 3 is 2.54 bits per heavy atom.